The van der Waals surface area contributed by atoms with Gasteiger partial charge in [0.2, 0.25) is 0 Å². The second-order valence-electron chi connectivity index (χ2n) is 7.47. The zero-order chi connectivity index (χ0) is 16.8. The Hall–Kier alpha value is -2.15. The van der Waals surface area contributed by atoms with Crippen LogP contribution >= 0.6 is 0 Å². The van der Waals surface area contributed by atoms with E-state index in [1.807, 2.05) is 15.6 Å². The molecule has 0 bridgehead atoms. The minimum atomic E-state index is -0.0160. The van der Waals surface area contributed by atoms with Crippen LogP contribution < -0.4 is 0 Å². The van der Waals surface area contributed by atoms with Crippen molar-refractivity contribution in [2.45, 2.75) is 51.3 Å². The maximum atomic E-state index is 13.2. The monoisotopic (exact) mass is 341 g/mol. The first-order valence-corrected chi connectivity index (χ1v) is 9.25. The number of ether oxygens (including phenoxy) is 1. The maximum Gasteiger partial charge on any atom is 0.275 e. The number of rotatable bonds is 4. The number of hydrogen-bond donors (Lipinski definition) is 1. The molecule has 25 heavy (non-hydrogen) atoms. The second-order valence-corrected chi connectivity index (χ2v) is 7.47. The third kappa shape index (κ3) is 2.86. The summed E-state index contributed by atoms with van der Waals surface area (Å²) in [5.41, 5.74) is 3.89. The number of aromatic amines is 1. The second kappa shape index (κ2) is 5.98. The molecule has 132 valence electrons. The average molecular weight is 341 g/mol. The number of carbonyl (C=O) groups is 1. The first-order valence-electron chi connectivity index (χ1n) is 9.25. The quantitative estimate of drug-likeness (QED) is 0.915. The molecule has 0 spiro atoms. The first kappa shape index (κ1) is 15.1. The molecule has 0 saturated heterocycles. The van der Waals surface area contributed by atoms with Crippen LogP contribution in [0.1, 0.15) is 46.7 Å². The Morgan fingerprint density at radius 3 is 3.12 bits per heavy atom. The van der Waals surface area contributed by atoms with Crippen molar-refractivity contribution in [2.75, 3.05) is 13.2 Å². The molecule has 5 rings (SSSR count). The van der Waals surface area contributed by atoms with Gasteiger partial charge >= 0.3 is 0 Å². The van der Waals surface area contributed by atoms with Gasteiger partial charge in [-0.15, -0.1) is 0 Å². The number of H-pyrrole nitrogens is 1. The van der Waals surface area contributed by atoms with Gasteiger partial charge in [-0.2, -0.15) is 10.2 Å². The number of amides is 1. The molecule has 1 unspecified atom stereocenters. The van der Waals surface area contributed by atoms with Gasteiger partial charge in [0.15, 0.2) is 5.69 Å². The summed E-state index contributed by atoms with van der Waals surface area (Å²) in [6.07, 6.45) is 7.36. The van der Waals surface area contributed by atoms with Crippen LogP contribution in [-0.4, -0.2) is 50.0 Å². The fourth-order valence-electron chi connectivity index (χ4n) is 3.88. The summed E-state index contributed by atoms with van der Waals surface area (Å²) in [7, 11) is 0. The van der Waals surface area contributed by atoms with Crippen LogP contribution in [0.2, 0.25) is 0 Å². The summed E-state index contributed by atoms with van der Waals surface area (Å²) in [5.74, 6) is 0.716. The van der Waals surface area contributed by atoms with Gasteiger partial charge < -0.3 is 9.64 Å². The van der Waals surface area contributed by atoms with E-state index in [0.29, 0.717) is 31.2 Å². The Bertz CT molecular complexity index is 791. The topological polar surface area (TPSA) is 76.0 Å². The SMILES string of the molecule is O=C(c1n[nH]c2c1CCC2)N1Cc2ccnn2CC(OCC2CC2)C1. The Morgan fingerprint density at radius 1 is 1.32 bits per heavy atom. The Labute approximate surface area is 146 Å². The molecule has 1 N–H and O–H groups in total. The van der Waals surface area contributed by atoms with Crippen molar-refractivity contribution in [1.82, 2.24) is 24.9 Å². The lowest BCUT2D eigenvalue weighted by molar-refractivity contribution is 0.0135. The van der Waals surface area contributed by atoms with Gasteiger partial charge in [0.25, 0.3) is 5.91 Å². The minimum absolute atomic E-state index is 0.00840. The minimum Gasteiger partial charge on any atom is -0.374 e. The van der Waals surface area contributed by atoms with Crippen LogP contribution in [0.25, 0.3) is 0 Å². The molecule has 7 heteroatoms. The van der Waals surface area contributed by atoms with Crippen LogP contribution in [0, 0.1) is 5.92 Å². The van der Waals surface area contributed by atoms with E-state index in [2.05, 4.69) is 15.3 Å². The summed E-state index contributed by atoms with van der Waals surface area (Å²) >= 11 is 0. The van der Waals surface area contributed by atoms with E-state index < -0.39 is 0 Å². The highest BCUT2D eigenvalue weighted by atomic mass is 16.5. The van der Waals surface area contributed by atoms with Crippen molar-refractivity contribution in [3.63, 3.8) is 0 Å². The van der Waals surface area contributed by atoms with Gasteiger partial charge in [-0.25, -0.2) is 0 Å². The summed E-state index contributed by atoms with van der Waals surface area (Å²) in [6, 6.07) is 1.98. The van der Waals surface area contributed by atoms with Crippen molar-refractivity contribution in [2.24, 2.45) is 5.92 Å². The van der Waals surface area contributed by atoms with Crippen LogP contribution in [0.15, 0.2) is 12.3 Å². The van der Waals surface area contributed by atoms with Gasteiger partial charge in [0, 0.05) is 30.6 Å². The summed E-state index contributed by atoms with van der Waals surface area (Å²) < 4.78 is 8.09. The molecule has 1 amide bonds. The highest BCUT2D eigenvalue weighted by Crippen LogP contribution is 2.30. The van der Waals surface area contributed by atoms with E-state index in [9.17, 15) is 4.79 Å². The van der Waals surface area contributed by atoms with Crippen molar-refractivity contribution in [3.05, 3.63) is 34.9 Å². The fourth-order valence-corrected chi connectivity index (χ4v) is 3.88. The molecular formula is C18H23N5O2. The molecule has 3 aliphatic rings. The first-order chi connectivity index (χ1) is 12.3. The molecule has 3 heterocycles. The number of hydrogen-bond acceptors (Lipinski definition) is 4. The van der Waals surface area contributed by atoms with Gasteiger partial charge in [0.1, 0.15) is 0 Å². The Balaban J connectivity index is 1.39. The van der Waals surface area contributed by atoms with Crippen molar-refractivity contribution < 1.29 is 9.53 Å². The normalized spacial score (nSPS) is 22.6. The molecule has 1 saturated carbocycles. The van der Waals surface area contributed by atoms with E-state index in [1.165, 1.54) is 12.8 Å². The fraction of sp³-hybridized carbons (Fsp3) is 0.611. The van der Waals surface area contributed by atoms with Crippen LogP contribution in [0.4, 0.5) is 0 Å². The van der Waals surface area contributed by atoms with Crippen LogP contribution in [-0.2, 0) is 30.7 Å². The van der Waals surface area contributed by atoms with Crippen LogP contribution in [0.3, 0.4) is 0 Å². The highest BCUT2D eigenvalue weighted by Gasteiger charge is 2.32. The van der Waals surface area contributed by atoms with E-state index in [1.54, 1.807) is 6.20 Å². The summed E-state index contributed by atoms with van der Waals surface area (Å²) in [5, 5.41) is 11.8. The van der Waals surface area contributed by atoms with Crippen LogP contribution in [0.5, 0.6) is 0 Å². The molecule has 1 aliphatic heterocycles. The zero-order valence-electron chi connectivity index (χ0n) is 14.3. The molecule has 2 aliphatic carbocycles. The molecule has 0 aromatic carbocycles. The Morgan fingerprint density at radius 2 is 2.24 bits per heavy atom. The molecule has 1 atom stereocenters. The maximum absolute atomic E-state index is 13.2. The lowest BCUT2D eigenvalue weighted by atomic mass is 10.1. The number of aryl methyl sites for hydroxylation is 1. The van der Waals surface area contributed by atoms with E-state index in [4.69, 9.17) is 4.74 Å². The molecule has 1 fully saturated rings. The number of carbonyl (C=O) groups excluding carboxylic acids is 1. The van der Waals surface area contributed by atoms with E-state index in [-0.39, 0.29) is 12.0 Å². The van der Waals surface area contributed by atoms with Gasteiger partial charge in [-0.1, -0.05) is 0 Å². The van der Waals surface area contributed by atoms with E-state index >= 15 is 0 Å². The van der Waals surface area contributed by atoms with Crippen molar-refractivity contribution in [1.29, 1.82) is 0 Å². The summed E-state index contributed by atoms with van der Waals surface area (Å²) in [6.45, 7) is 2.65. The molecule has 2 aromatic heterocycles. The third-order valence-corrected chi connectivity index (χ3v) is 5.52. The van der Waals surface area contributed by atoms with Gasteiger partial charge in [-0.05, 0) is 44.1 Å². The number of aromatic nitrogens is 4. The smallest absolute Gasteiger partial charge is 0.275 e. The predicted molar refractivity (Wildman–Crippen MR) is 90.0 cm³/mol. The van der Waals surface area contributed by atoms with Crippen molar-refractivity contribution >= 4 is 5.91 Å². The molecule has 7 nitrogen and oxygen atoms in total. The summed E-state index contributed by atoms with van der Waals surface area (Å²) in [4.78, 5) is 15.0. The Kier molecular flexibility index (Phi) is 3.62. The highest BCUT2D eigenvalue weighted by molar-refractivity contribution is 5.94. The van der Waals surface area contributed by atoms with Gasteiger partial charge in [0.05, 0.1) is 24.9 Å². The third-order valence-electron chi connectivity index (χ3n) is 5.52. The molecular weight excluding hydrogens is 318 g/mol. The van der Waals surface area contributed by atoms with E-state index in [0.717, 1.165) is 42.8 Å². The van der Waals surface area contributed by atoms with Crippen molar-refractivity contribution in [3.8, 4) is 0 Å². The molecule has 0 radical (unpaired) electrons. The number of nitrogens with zero attached hydrogens (tertiary/aromatic N) is 4. The van der Waals surface area contributed by atoms with Gasteiger partial charge in [-0.3, -0.25) is 14.6 Å². The molecule has 2 aromatic rings. The predicted octanol–water partition coefficient (Wildman–Crippen LogP) is 1.55. The lowest BCUT2D eigenvalue weighted by Crippen LogP contribution is -2.38. The largest absolute Gasteiger partial charge is 0.374 e. The standard InChI is InChI=1S/C18H23N5O2/c24-18(17-15-2-1-3-16(15)20-21-17)22-8-13-6-7-19-23(13)10-14(9-22)25-11-12-4-5-12/h6-7,12,14H,1-5,8-11H2,(H,20,21). The zero-order valence-corrected chi connectivity index (χ0v) is 14.3. The lowest BCUT2D eigenvalue weighted by Gasteiger charge is -2.24. The average Bonchev–Trinajstić information content (AvgIpc) is 2.99. The number of nitrogens with one attached hydrogen (secondary N) is 1. The number of fused-ring (bicyclic) bond motifs is 2.